The standard InChI is InChI=1S/C17H12ClF4N3O2/c1-16(2)7-8-13(10(19)5-9(18)14(8)27-16)25-12(26)6-11(17(20,21)22)24-4-3-23-15(24)25/h3-6H,7H2,1-2H3. The monoisotopic (exact) mass is 401 g/mol. The van der Waals surface area contributed by atoms with Crippen LogP contribution in [0.4, 0.5) is 17.6 Å². The van der Waals surface area contributed by atoms with Gasteiger partial charge in [0, 0.05) is 30.4 Å². The molecule has 1 aliphatic rings. The lowest BCUT2D eigenvalue weighted by molar-refractivity contribution is -0.142. The SMILES string of the molecule is CC1(C)Cc2c(c(Cl)cc(F)c2-n2c(=O)cc(C(F)(F)F)n3ccnc23)O1. The summed E-state index contributed by atoms with van der Waals surface area (Å²) in [5, 5.41) is 0.0242. The zero-order valence-electron chi connectivity index (χ0n) is 14.1. The molecule has 0 aliphatic carbocycles. The van der Waals surface area contributed by atoms with Crippen LogP contribution in [0.25, 0.3) is 11.5 Å². The van der Waals surface area contributed by atoms with E-state index < -0.39 is 28.8 Å². The number of imidazole rings is 1. The molecule has 0 unspecified atom stereocenters. The predicted octanol–water partition coefficient (Wildman–Crippen LogP) is 4.01. The Kier molecular flexibility index (Phi) is 3.62. The molecule has 0 radical (unpaired) electrons. The fourth-order valence-corrected chi connectivity index (χ4v) is 3.57. The summed E-state index contributed by atoms with van der Waals surface area (Å²) in [7, 11) is 0. The topological polar surface area (TPSA) is 48.5 Å². The molecule has 0 fully saturated rings. The van der Waals surface area contributed by atoms with E-state index in [0.717, 1.165) is 23.0 Å². The third-order valence-corrected chi connectivity index (χ3v) is 4.59. The highest BCUT2D eigenvalue weighted by Gasteiger charge is 2.38. The number of aromatic nitrogens is 3. The molecule has 0 spiro atoms. The Morgan fingerprint density at radius 2 is 2.00 bits per heavy atom. The maximum atomic E-state index is 14.8. The van der Waals surface area contributed by atoms with Crippen LogP contribution >= 0.6 is 11.6 Å². The quantitative estimate of drug-likeness (QED) is 0.579. The van der Waals surface area contributed by atoms with Crippen LogP contribution in [-0.4, -0.2) is 19.6 Å². The molecule has 0 amide bonds. The minimum atomic E-state index is -4.78. The summed E-state index contributed by atoms with van der Waals surface area (Å²) in [6.45, 7) is 3.51. The Morgan fingerprint density at radius 1 is 1.30 bits per heavy atom. The molecule has 27 heavy (non-hydrogen) atoms. The number of fused-ring (bicyclic) bond motifs is 2. The molecule has 2 aromatic heterocycles. The second-order valence-corrected chi connectivity index (χ2v) is 7.24. The van der Waals surface area contributed by atoms with Gasteiger partial charge in [-0.25, -0.2) is 13.9 Å². The van der Waals surface area contributed by atoms with Crippen molar-refractivity contribution in [1.82, 2.24) is 14.0 Å². The van der Waals surface area contributed by atoms with E-state index in [1.807, 2.05) is 0 Å². The molecule has 0 saturated carbocycles. The van der Waals surface area contributed by atoms with Crippen molar-refractivity contribution in [3.63, 3.8) is 0 Å². The van der Waals surface area contributed by atoms with Crippen LogP contribution in [0, 0.1) is 5.82 Å². The number of nitrogens with zero attached hydrogens (tertiary/aromatic N) is 3. The average molecular weight is 402 g/mol. The predicted molar refractivity (Wildman–Crippen MR) is 89.2 cm³/mol. The fraction of sp³-hybridized carbons (Fsp3) is 0.294. The summed E-state index contributed by atoms with van der Waals surface area (Å²) < 4.78 is 61.8. The number of halogens is 5. The van der Waals surface area contributed by atoms with Gasteiger partial charge in [-0.15, -0.1) is 0 Å². The first-order valence-electron chi connectivity index (χ1n) is 7.86. The van der Waals surface area contributed by atoms with Crippen LogP contribution < -0.4 is 10.3 Å². The number of benzene rings is 1. The lowest BCUT2D eigenvalue weighted by Gasteiger charge is -2.17. The van der Waals surface area contributed by atoms with Crippen molar-refractivity contribution in [2.24, 2.45) is 0 Å². The van der Waals surface area contributed by atoms with Gasteiger partial charge in [0.05, 0.1) is 10.7 Å². The molecule has 0 bridgehead atoms. The summed E-state index contributed by atoms with van der Waals surface area (Å²) in [6, 6.07) is 1.39. The van der Waals surface area contributed by atoms with E-state index in [1.54, 1.807) is 13.8 Å². The van der Waals surface area contributed by atoms with Crippen molar-refractivity contribution in [2.45, 2.75) is 32.0 Å². The molecular formula is C17H12ClF4N3O2. The lowest BCUT2D eigenvalue weighted by Crippen LogP contribution is -2.27. The molecule has 0 N–H and O–H groups in total. The third-order valence-electron chi connectivity index (χ3n) is 4.31. The largest absolute Gasteiger partial charge is 0.486 e. The lowest BCUT2D eigenvalue weighted by atomic mass is 10.00. The van der Waals surface area contributed by atoms with Crippen molar-refractivity contribution >= 4 is 17.4 Å². The second kappa shape index (κ2) is 5.48. The van der Waals surface area contributed by atoms with E-state index in [0.29, 0.717) is 16.0 Å². The van der Waals surface area contributed by atoms with Gasteiger partial charge in [0.15, 0.2) is 0 Å². The smallest absolute Gasteiger partial charge is 0.432 e. The number of alkyl halides is 3. The maximum Gasteiger partial charge on any atom is 0.432 e. The van der Waals surface area contributed by atoms with Gasteiger partial charge in [-0.3, -0.25) is 9.20 Å². The molecule has 10 heteroatoms. The van der Waals surface area contributed by atoms with Crippen molar-refractivity contribution in [3.05, 3.63) is 57.0 Å². The van der Waals surface area contributed by atoms with E-state index in [2.05, 4.69) is 4.98 Å². The van der Waals surface area contributed by atoms with Crippen molar-refractivity contribution in [1.29, 1.82) is 0 Å². The van der Waals surface area contributed by atoms with Crippen LogP contribution in [0.2, 0.25) is 5.02 Å². The summed E-state index contributed by atoms with van der Waals surface area (Å²) in [6.07, 6.45) is -2.39. The normalized spacial score (nSPS) is 15.8. The van der Waals surface area contributed by atoms with Crippen molar-refractivity contribution in [2.75, 3.05) is 0 Å². The first-order chi connectivity index (χ1) is 12.5. The van der Waals surface area contributed by atoms with Gasteiger partial charge < -0.3 is 4.74 Å². The second-order valence-electron chi connectivity index (χ2n) is 6.83. The van der Waals surface area contributed by atoms with Crippen LogP contribution in [0.15, 0.2) is 29.3 Å². The van der Waals surface area contributed by atoms with E-state index >= 15 is 0 Å². The first-order valence-corrected chi connectivity index (χ1v) is 8.24. The van der Waals surface area contributed by atoms with E-state index in [9.17, 15) is 22.4 Å². The molecule has 5 nitrogen and oxygen atoms in total. The molecule has 3 aromatic rings. The number of rotatable bonds is 1. The van der Waals surface area contributed by atoms with Gasteiger partial charge >= 0.3 is 6.18 Å². The number of hydrogen-bond donors (Lipinski definition) is 0. The van der Waals surface area contributed by atoms with Gasteiger partial charge in [0.2, 0.25) is 5.78 Å². The highest BCUT2D eigenvalue weighted by molar-refractivity contribution is 6.32. The Balaban J connectivity index is 2.10. The Morgan fingerprint density at radius 3 is 2.67 bits per heavy atom. The molecule has 1 aliphatic heterocycles. The molecule has 0 atom stereocenters. The minimum absolute atomic E-state index is 0.0242. The Hall–Kier alpha value is -2.55. The maximum absolute atomic E-state index is 14.8. The van der Waals surface area contributed by atoms with Gasteiger partial charge in [-0.05, 0) is 19.9 Å². The molecule has 0 saturated heterocycles. The molecule has 3 heterocycles. The van der Waals surface area contributed by atoms with Crippen molar-refractivity contribution in [3.8, 4) is 11.4 Å². The Labute approximate surface area is 154 Å². The third kappa shape index (κ3) is 2.68. The van der Waals surface area contributed by atoms with Crippen LogP contribution in [0.1, 0.15) is 25.1 Å². The zero-order valence-corrected chi connectivity index (χ0v) is 14.8. The van der Waals surface area contributed by atoms with Crippen molar-refractivity contribution < 1.29 is 22.3 Å². The fourth-order valence-electron chi connectivity index (χ4n) is 3.32. The van der Waals surface area contributed by atoms with Crippen LogP contribution in [0.3, 0.4) is 0 Å². The number of hydrogen-bond acceptors (Lipinski definition) is 3. The highest BCUT2D eigenvalue weighted by Crippen LogP contribution is 2.44. The van der Waals surface area contributed by atoms with Crippen LogP contribution in [-0.2, 0) is 12.6 Å². The zero-order chi connectivity index (χ0) is 19.7. The molecule has 4 rings (SSSR count). The average Bonchev–Trinajstić information content (AvgIpc) is 3.11. The summed E-state index contributed by atoms with van der Waals surface area (Å²) in [4.78, 5) is 16.4. The van der Waals surface area contributed by atoms with Gasteiger partial charge in [-0.1, -0.05) is 11.6 Å². The van der Waals surface area contributed by atoms with Gasteiger partial charge in [-0.2, -0.15) is 13.2 Å². The summed E-state index contributed by atoms with van der Waals surface area (Å²) >= 11 is 6.06. The summed E-state index contributed by atoms with van der Waals surface area (Å²) in [5.74, 6) is -1.01. The number of ether oxygens (including phenoxy) is 1. The van der Waals surface area contributed by atoms with E-state index in [4.69, 9.17) is 16.3 Å². The van der Waals surface area contributed by atoms with E-state index in [-0.39, 0.29) is 28.7 Å². The van der Waals surface area contributed by atoms with E-state index in [1.165, 1.54) is 0 Å². The molecule has 1 aromatic carbocycles. The van der Waals surface area contributed by atoms with Crippen LogP contribution in [0.5, 0.6) is 5.75 Å². The summed E-state index contributed by atoms with van der Waals surface area (Å²) in [5.41, 5.74) is -2.88. The molecular weight excluding hydrogens is 390 g/mol. The molecule has 142 valence electrons. The minimum Gasteiger partial charge on any atom is -0.486 e. The first kappa shape index (κ1) is 17.8. The highest BCUT2D eigenvalue weighted by atomic mass is 35.5. The Bertz CT molecular complexity index is 1150. The van der Waals surface area contributed by atoms with Gasteiger partial charge in [0.25, 0.3) is 5.56 Å². The van der Waals surface area contributed by atoms with Gasteiger partial charge in [0.1, 0.15) is 22.9 Å².